The Bertz CT molecular complexity index is 829. The van der Waals surface area contributed by atoms with Crippen molar-refractivity contribution >= 4 is 11.5 Å². The third-order valence-corrected chi connectivity index (χ3v) is 3.83. The quantitative estimate of drug-likeness (QED) is 0.602. The van der Waals surface area contributed by atoms with Crippen molar-refractivity contribution in [1.82, 2.24) is 0 Å². The Morgan fingerprint density at radius 3 is 2.42 bits per heavy atom. The normalized spacial score (nSPS) is 12.1. The van der Waals surface area contributed by atoms with E-state index in [0.29, 0.717) is 28.6 Å². The first kappa shape index (κ1) is 17.5. The minimum Gasteiger partial charge on any atom is -0.497 e. The summed E-state index contributed by atoms with van der Waals surface area (Å²) in [5.41, 5.74) is 1.14. The zero-order chi connectivity index (χ0) is 18.5. The number of anilines is 1. The van der Waals surface area contributed by atoms with Crippen LogP contribution in [-0.4, -0.2) is 33.9 Å². The summed E-state index contributed by atoms with van der Waals surface area (Å²) in [4.78, 5) is 12.6. The number of carbonyl (C=O) groups is 1. The first-order chi connectivity index (χ1) is 12.7. The molecule has 1 heterocycles. The summed E-state index contributed by atoms with van der Waals surface area (Å²) < 4.78 is 26.5. The topological polar surface area (TPSA) is 75.3 Å². The molecule has 1 aliphatic rings. The van der Waals surface area contributed by atoms with Gasteiger partial charge < -0.3 is 29.0 Å². The van der Waals surface area contributed by atoms with Gasteiger partial charge >= 0.3 is 0 Å². The van der Waals surface area contributed by atoms with Crippen LogP contribution in [0.15, 0.2) is 42.6 Å². The molecule has 7 heteroatoms. The molecule has 0 unspecified atom stereocenters. The van der Waals surface area contributed by atoms with Gasteiger partial charge in [-0.25, -0.2) is 0 Å². The van der Waals surface area contributed by atoms with Crippen molar-refractivity contribution in [1.29, 1.82) is 0 Å². The van der Waals surface area contributed by atoms with E-state index in [4.69, 9.17) is 23.7 Å². The fourth-order valence-corrected chi connectivity index (χ4v) is 2.54. The molecule has 0 radical (unpaired) electrons. The maximum Gasteiger partial charge on any atom is 0.231 e. The number of nitrogens with one attached hydrogen (secondary N) is 1. The number of methoxy groups -OCH3 is 3. The highest BCUT2D eigenvalue weighted by Crippen LogP contribution is 2.49. The van der Waals surface area contributed by atoms with E-state index in [1.807, 2.05) is 24.3 Å². The molecule has 3 rings (SSSR count). The molecule has 0 saturated heterocycles. The highest BCUT2D eigenvalue weighted by Gasteiger charge is 2.28. The van der Waals surface area contributed by atoms with Crippen LogP contribution in [0.5, 0.6) is 28.7 Å². The molecular weight excluding hydrogens is 338 g/mol. The van der Waals surface area contributed by atoms with Crippen molar-refractivity contribution in [3.8, 4) is 28.7 Å². The predicted molar refractivity (Wildman–Crippen MR) is 95.8 cm³/mol. The second-order valence-electron chi connectivity index (χ2n) is 5.29. The summed E-state index contributed by atoms with van der Waals surface area (Å²) >= 11 is 0. The van der Waals surface area contributed by atoms with Crippen molar-refractivity contribution in [3.63, 3.8) is 0 Å². The van der Waals surface area contributed by atoms with Crippen molar-refractivity contribution in [2.24, 2.45) is 0 Å². The van der Waals surface area contributed by atoms with E-state index in [0.717, 1.165) is 11.4 Å². The average Bonchev–Trinajstić information content (AvgIpc) is 3.16. The van der Waals surface area contributed by atoms with Crippen LogP contribution in [0, 0.1) is 0 Å². The molecule has 2 aromatic carbocycles. The van der Waals surface area contributed by atoms with Crippen molar-refractivity contribution in [2.75, 3.05) is 33.4 Å². The smallest absolute Gasteiger partial charge is 0.231 e. The molecule has 0 bridgehead atoms. The maximum absolute atomic E-state index is 12.6. The van der Waals surface area contributed by atoms with Crippen LogP contribution in [0.2, 0.25) is 0 Å². The van der Waals surface area contributed by atoms with Gasteiger partial charge in [0, 0.05) is 18.0 Å². The van der Waals surface area contributed by atoms with Crippen molar-refractivity contribution in [2.45, 2.75) is 0 Å². The Balaban J connectivity index is 1.80. The molecule has 0 fully saturated rings. The summed E-state index contributed by atoms with van der Waals surface area (Å²) in [6, 6.07) is 8.91. The standard InChI is InChI=1S/C19H19NO6/c1-22-13-6-4-12(5-7-13)20-9-8-15(21)14-10-16(23-2)18-19(17(14)24-3)26-11-25-18/h4-10,20H,11H2,1-3H3. The molecule has 0 atom stereocenters. The first-order valence-electron chi connectivity index (χ1n) is 7.84. The summed E-state index contributed by atoms with van der Waals surface area (Å²) in [5, 5.41) is 3.03. The molecule has 0 aliphatic carbocycles. The fraction of sp³-hybridized carbons (Fsp3) is 0.211. The lowest BCUT2D eigenvalue weighted by molar-refractivity contribution is 0.104. The predicted octanol–water partition coefficient (Wildman–Crippen LogP) is 3.25. The third kappa shape index (κ3) is 3.37. The molecule has 2 aromatic rings. The molecule has 1 aliphatic heterocycles. The Labute approximate surface area is 151 Å². The second kappa shape index (κ2) is 7.69. The van der Waals surface area contributed by atoms with Gasteiger partial charge in [-0.3, -0.25) is 4.79 Å². The van der Waals surface area contributed by atoms with Crippen LogP contribution in [-0.2, 0) is 0 Å². The number of fused-ring (bicyclic) bond motifs is 1. The SMILES string of the molecule is COc1ccc(NC=CC(=O)c2cc(OC)c3c(c2OC)OCO3)cc1. The minimum absolute atomic E-state index is 0.0502. The third-order valence-electron chi connectivity index (χ3n) is 3.83. The van der Waals surface area contributed by atoms with Crippen LogP contribution >= 0.6 is 0 Å². The lowest BCUT2D eigenvalue weighted by atomic mass is 10.1. The number of benzene rings is 2. The zero-order valence-corrected chi connectivity index (χ0v) is 14.7. The number of ether oxygens (including phenoxy) is 5. The van der Waals surface area contributed by atoms with Crippen molar-refractivity contribution in [3.05, 3.63) is 48.2 Å². The van der Waals surface area contributed by atoms with Gasteiger partial charge in [-0.2, -0.15) is 0 Å². The highest BCUT2D eigenvalue weighted by atomic mass is 16.7. The molecule has 0 aromatic heterocycles. The van der Waals surface area contributed by atoms with Gasteiger partial charge in [0.2, 0.25) is 18.3 Å². The number of rotatable bonds is 7. The van der Waals surface area contributed by atoms with Gasteiger partial charge in [-0.05, 0) is 30.3 Å². The molecule has 1 N–H and O–H groups in total. The molecular formula is C19H19NO6. The van der Waals surface area contributed by atoms with Crippen LogP contribution in [0.3, 0.4) is 0 Å². The summed E-state index contributed by atoms with van der Waals surface area (Å²) in [7, 11) is 4.58. The van der Waals surface area contributed by atoms with E-state index in [2.05, 4.69) is 5.32 Å². The molecule has 0 spiro atoms. The van der Waals surface area contributed by atoms with E-state index >= 15 is 0 Å². The Hall–Kier alpha value is -3.35. The maximum atomic E-state index is 12.6. The summed E-state index contributed by atoms with van der Waals surface area (Å²) in [6.07, 6.45) is 2.96. The molecule has 0 amide bonds. The second-order valence-corrected chi connectivity index (χ2v) is 5.29. The van der Waals surface area contributed by atoms with Gasteiger partial charge in [0.15, 0.2) is 17.3 Å². The van der Waals surface area contributed by atoms with Crippen LogP contribution in [0.1, 0.15) is 10.4 Å². The van der Waals surface area contributed by atoms with Crippen LogP contribution < -0.4 is 29.0 Å². The minimum atomic E-state index is -0.264. The Kier molecular flexibility index (Phi) is 5.17. The number of ketones is 1. The van der Waals surface area contributed by atoms with E-state index < -0.39 is 0 Å². The molecule has 0 saturated carbocycles. The zero-order valence-electron chi connectivity index (χ0n) is 14.7. The highest BCUT2D eigenvalue weighted by molar-refractivity contribution is 6.08. The van der Waals surface area contributed by atoms with Gasteiger partial charge in [0.1, 0.15) is 5.75 Å². The molecule has 7 nitrogen and oxygen atoms in total. The van der Waals surface area contributed by atoms with E-state index in [1.165, 1.54) is 20.3 Å². The van der Waals surface area contributed by atoms with Crippen molar-refractivity contribution < 1.29 is 28.5 Å². The first-order valence-corrected chi connectivity index (χ1v) is 7.84. The lowest BCUT2D eigenvalue weighted by Crippen LogP contribution is -2.02. The van der Waals surface area contributed by atoms with Gasteiger partial charge in [0.25, 0.3) is 0 Å². The average molecular weight is 357 g/mol. The number of hydrogen-bond donors (Lipinski definition) is 1. The lowest BCUT2D eigenvalue weighted by Gasteiger charge is -2.12. The van der Waals surface area contributed by atoms with E-state index in [1.54, 1.807) is 19.4 Å². The Morgan fingerprint density at radius 2 is 1.77 bits per heavy atom. The monoisotopic (exact) mass is 357 g/mol. The van der Waals surface area contributed by atoms with Gasteiger partial charge in [-0.15, -0.1) is 0 Å². The Morgan fingerprint density at radius 1 is 1.04 bits per heavy atom. The van der Waals surface area contributed by atoms with Gasteiger partial charge in [-0.1, -0.05) is 0 Å². The molecule has 26 heavy (non-hydrogen) atoms. The van der Waals surface area contributed by atoms with Crippen LogP contribution in [0.25, 0.3) is 0 Å². The number of allylic oxidation sites excluding steroid dienone is 1. The largest absolute Gasteiger partial charge is 0.497 e. The van der Waals surface area contributed by atoms with E-state index in [9.17, 15) is 4.79 Å². The molecule has 136 valence electrons. The summed E-state index contributed by atoms with van der Waals surface area (Å²) in [6.45, 7) is 0.0502. The fourth-order valence-electron chi connectivity index (χ4n) is 2.54. The number of hydrogen-bond acceptors (Lipinski definition) is 7. The summed E-state index contributed by atoms with van der Waals surface area (Å²) in [5.74, 6) is 2.02. The van der Waals surface area contributed by atoms with Crippen LogP contribution in [0.4, 0.5) is 5.69 Å². The van der Waals surface area contributed by atoms with Gasteiger partial charge in [0.05, 0.1) is 26.9 Å². The number of carbonyl (C=O) groups excluding carboxylic acids is 1. The van der Waals surface area contributed by atoms with E-state index in [-0.39, 0.29) is 12.6 Å².